The number of benzene rings is 1. The van der Waals surface area contributed by atoms with Gasteiger partial charge in [-0.3, -0.25) is 4.79 Å². The Bertz CT molecular complexity index is 417. The second kappa shape index (κ2) is 4.14. The number of carbonyl (C=O) groups is 1. The third-order valence-electron chi connectivity index (χ3n) is 2.83. The van der Waals surface area contributed by atoms with Crippen LogP contribution in [0.1, 0.15) is 22.3 Å². The maximum atomic E-state index is 11.8. The molecule has 3 N–H and O–H groups in total. The molecule has 16 heavy (non-hydrogen) atoms. The van der Waals surface area contributed by atoms with Gasteiger partial charge in [0.1, 0.15) is 5.75 Å². The Hall–Kier alpha value is -1.55. The van der Waals surface area contributed by atoms with Crippen molar-refractivity contribution in [2.45, 2.75) is 25.4 Å². The third kappa shape index (κ3) is 2.17. The molecule has 1 amide bonds. The van der Waals surface area contributed by atoms with Gasteiger partial charge in [0.15, 0.2) is 0 Å². The van der Waals surface area contributed by atoms with E-state index in [1.165, 1.54) is 0 Å². The molecule has 1 saturated carbocycles. The first kappa shape index (κ1) is 11.0. The Morgan fingerprint density at radius 1 is 1.56 bits per heavy atom. The number of ether oxygens (including phenoxy) is 1. The number of aryl methyl sites for hydroxylation is 1. The number of hydrogen-bond acceptors (Lipinski definition) is 3. The number of nitrogens with one attached hydrogen (secondary N) is 1. The molecule has 2 rings (SSSR count). The van der Waals surface area contributed by atoms with Crippen molar-refractivity contribution in [1.29, 1.82) is 0 Å². The van der Waals surface area contributed by atoms with Gasteiger partial charge in [0.2, 0.25) is 0 Å². The van der Waals surface area contributed by atoms with Gasteiger partial charge in [-0.25, -0.2) is 0 Å². The van der Waals surface area contributed by atoms with Crippen LogP contribution in [-0.4, -0.2) is 25.1 Å². The highest BCUT2D eigenvalue weighted by Crippen LogP contribution is 2.21. The van der Waals surface area contributed by atoms with E-state index in [2.05, 4.69) is 5.32 Å². The van der Waals surface area contributed by atoms with Gasteiger partial charge in [0.05, 0.1) is 7.11 Å². The second-order valence-electron chi connectivity index (χ2n) is 4.16. The maximum Gasteiger partial charge on any atom is 0.251 e. The smallest absolute Gasteiger partial charge is 0.251 e. The molecule has 0 aliphatic heterocycles. The Balaban J connectivity index is 2.10. The Morgan fingerprint density at radius 3 is 2.81 bits per heavy atom. The molecule has 86 valence electrons. The summed E-state index contributed by atoms with van der Waals surface area (Å²) >= 11 is 0. The maximum absolute atomic E-state index is 11.8. The Morgan fingerprint density at radius 2 is 2.25 bits per heavy atom. The fraction of sp³-hybridized carbons (Fsp3) is 0.417. The summed E-state index contributed by atoms with van der Waals surface area (Å²) in [6.07, 6.45) is 0.870. The van der Waals surface area contributed by atoms with Crippen LogP contribution in [0.4, 0.5) is 0 Å². The van der Waals surface area contributed by atoms with E-state index in [1.54, 1.807) is 19.2 Å². The topological polar surface area (TPSA) is 64.3 Å². The zero-order chi connectivity index (χ0) is 11.7. The van der Waals surface area contributed by atoms with E-state index < -0.39 is 0 Å². The van der Waals surface area contributed by atoms with Crippen molar-refractivity contribution in [3.05, 3.63) is 29.3 Å². The van der Waals surface area contributed by atoms with Gasteiger partial charge in [0.25, 0.3) is 5.91 Å². The minimum atomic E-state index is -0.0868. The molecule has 0 spiro atoms. The lowest BCUT2D eigenvalue weighted by Crippen LogP contribution is -2.29. The predicted molar refractivity (Wildman–Crippen MR) is 61.6 cm³/mol. The molecule has 1 aromatic carbocycles. The van der Waals surface area contributed by atoms with E-state index in [-0.39, 0.29) is 18.0 Å². The first-order valence-corrected chi connectivity index (χ1v) is 5.33. The lowest BCUT2D eigenvalue weighted by molar-refractivity contribution is 0.0950. The number of methoxy groups -OCH3 is 1. The van der Waals surface area contributed by atoms with Crippen molar-refractivity contribution < 1.29 is 9.53 Å². The van der Waals surface area contributed by atoms with Crippen molar-refractivity contribution in [2.24, 2.45) is 5.73 Å². The van der Waals surface area contributed by atoms with Crippen LogP contribution in [0.5, 0.6) is 5.75 Å². The number of carbonyl (C=O) groups excluding carboxylic acids is 1. The van der Waals surface area contributed by atoms with Crippen LogP contribution in [0.25, 0.3) is 0 Å². The third-order valence-corrected chi connectivity index (χ3v) is 2.83. The Labute approximate surface area is 94.8 Å². The molecule has 0 saturated heterocycles. The highest BCUT2D eigenvalue weighted by Gasteiger charge is 2.34. The van der Waals surface area contributed by atoms with E-state index in [4.69, 9.17) is 10.5 Å². The second-order valence-corrected chi connectivity index (χ2v) is 4.16. The van der Waals surface area contributed by atoms with Crippen LogP contribution in [-0.2, 0) is 0 Å². The predicted octanol–water partition coefficient (Wildman–Crippen LogP) is 0.833. The molecule has 1 aliphatic carbocycles. The zero-order valence-electron chi connectivity index (χ0n) is 9.49. The van der Waals surface area contributed by atoms with Crippen molar-refractivity contribution >= 4 is 5.91 Å². The van der Waals surface area contributed by atoms with Crippen LogP contribution >= 0.6 is 0 Å². The number of hydrogen-bond donors (Lipinski definition) is 2. The van der Waals surface area contributed by atoms with E-state index in [1.807, 2.05) is 13.0 Å². The lowest BCUT2D eigenvalue weighted by atomic mass is 10.1. The summed E-state index contributed by atoms with van der Waals surface area (Å²) in [4.78, 5) is 11.8. The number of nitrogens with two attached hydrogens (primary N) is 1. The average Bonchev–Trinajstić information content (AvgIpc) is 2.94. The quantitative estimate of drug-likeness (QED) is 0.793. The molecular weight excluding hydrogens is 204 g/mol. The normalized spacial score (nSPS) is 22.7. The molecule has 0 aromatic heterocycles. The lowest BCUT2D eigenvalue weighted by Gasteiger charge is -2.08. The Kier molecular flexibility index (Phi) is 2.83. The van der Waals surface area contributed by atoms with Crippen LogP contribution in [0.2, 0.25) is 0 Å². The fourth-order valence-electron chi connectivity index (χ4n) is 1.59. The summed E-state index contributed by atoms with van der Waals surface area (Å²) < 4.78 is 5.17. The van der Waals surface area contributed by atoms with E-state index >= 15 is 0 Å². The van der Waals surface area contributed by atoms with E-state index in [9.17, 15) is 4.79 Å². The summed E-state index contributed by atoms with van der Waals surface area (Å²) in [6, 6.07) is 5.68. The molecule has 4 heteroatoms. The average molecular weight is 220 g/mol. The summed E-state index contributed by atoms with van der Waals surface area (Å²) in [5.74, 6) is 0.643. The first-order chi connectivity index (χ1) is 7.61. The van der Waals surface area contributed by atoms with E-state index in [0.717, 1.165) is 17.7 Å². The molecule has 0 radical (unpaired) electrons. The largest absolute Gasteiger partial charge is 0.496 e. The fourth-order valence-corrected chi connectivity index (χ4v) is 1.59. The monoisotopic (exact) mass is 220 g/mol. The van der Waals surface area contributed by atoms with Gasteiger partial charge in [0, 0.05) is 17.6 Å². The van der Waals surface area contributed by atoms with Crippen molar-refractivity contribution in [3.63, 3.8) is 0 Å². The van der Waals surface area contributed by atoms with Crippen molar-refractivity contribution in [1.82, 2.24) is 5.32 Å². The van der Waals surface area contributed by atoms with Crippen molar-refractivity contribution in [3.8, 4) is 5.75 Å². The van der Waals surface area contributed by atoms with Crippen LogP contribution < -0.4 is 15.8 Å². The molecule has 2 unspecified atom stereocenters. The molecule has 4 nitrogen and oxygen atoms in total. The van der Waals surface area contributed by atoms with Gasteiger partial charge in [-0.05, 0) is 31.0 Å². The van der Waals surface area contributed by atoms with Gasteiger partial charge >= 0.3 is 0 Å². The SMILES string of the molecule is COc1cc(C(=O)NC2CC2N)ccc1C. The van der Waals surface area contributed by atoms with Gasteiger partial charge in [-0.2, -0.15) is 0 Å². The molecule has 1 aromatic rings. The standard InChI is InChI=1S/C12H16N2O2/c1-7-3-4-8(5-11(7)16-2)12(15)14-10-6-9(10)13/h3-5,9-10H,6,13H2,1-2H3,(H,14,15). The highest BCUT2D eigenvalue weighted by atomic mass is 16.5. The first-order valence-electron chi connectivity index (χ1n) is 5.33. The summed E-state index contributed by atoms with van der Waals surface area (Å²) in [5.41, 5.74) is 7.26. The highest BCUT2D eigenvalue weighted by molar-refractivity contribution is 5.95. The number of amides is 1. The van der Waals surface area contributed by atoms with Gasteiger partial charge < -0.3 is 15.8 Å². The van der Waals surface area contributed by atoms with E-state index in [0.29, 0.717) is 5.56 Å². The molecule has 2 atom stereocenters. The van der Waals surface area contributed by atoms with Gasteiger partial charge in [-0.1, -0.05) is 6.07 Å². The molecule has 1 fully saturated rings. The molecule has 0 bridgehead atoms. The minimum Gasteiger partial charge on any atom is -0.496 e. The van der Waals surface area contributed by atoms with Crippen LogP contribution in [0.3, 0.4) is 0 Å². The number of rotatable bonds is 3. The minimum absolute atomic E-state index is 0.0868. The molecule has 1 aliphatic rings. The van der Waals surface area contributed by atoms with Gasteiger partial charge in [-0.15, -0.1) is 0 Å². The zero-order valence-corrected chi connectivity index (χ0v) is 9.49. The summed E-state index contributed by atoms with van der Waals surface area (Å²) in [7, 11) is 1.60. The van der Waals surface area contributed by atoms with Crippen LogP contribution in [0, 0.1) is 6.92 Å². The molecule has 0 heterocycles. The summed E-state index contributed by atoms with van der Waals surface area (Å²) in [6.45, 7) is 1.94. The molecular formula is C12H16N2O2. The van der Waals surface area contributed by atoms with Crippen molar-refractivity contribution in [2.75, 3.05) is 7.11 Å². The van der Waals surface area contributed by atoms with Crippen LogP contribution in [0.15, 0.2) is 18.2 Å². The summed E-state index contributed by atoms with van der Waals surface area (Å²) in [5, 5.41) is 2.87.